The molecule has 5 nitrogen and oxygen atoms in total. The van der Waals surface area contributed by atoms with Gasteiger partial charge in [0.25, 0.3) is 5.91 Å². The van der Waals surface area contributed by atoms with Gasteiger partial charge in [-0.05, 0) is 68.1 Å². The molecule has 0 aliphatic carbocycles. The Bertz CT molecular complexity index is 955. The van der Waals surface area contributed by atoms with Crippen LogP contribution in [0.3, 0.4) is 0 Å². The van der Waals surface area contributed by atoms with Crippen molar-refractivity contribution in [2.45, 2.75) is 50.8 Å². The zero-order chi connectivity index (χ0) is 23.2. The highest BCUT2D eigenvalue weighted by Gasteiger charge is 2.34. The summed E-state index contributed by atoms with van der Waals surface area (Å²) in [7, 11) is 1.72. The predicted octanol–water partition coefficient (Wildman–Crippen LogP) is 4.65. The Labute approximate surface area is 194 Å². The van der Waals surface area contributed by atoms with Crippen LogP contribution in [0.25, 0.3) is 0 Å². The Morgan fingerprint density at radius 1 is 1.00 bits per heavy atom. The first-order valence-electron chi connectivity index (χ1n) is 11.8. The molecular formula is C26H32F2N2O3. The van der Waals surface area contributed by atoms with Crippen LogP contribution in [0.5, 0.6) is 5.75 Å². The van der Waals surface area contributed by atoms with Gasteiger partial charge in [0, 0.05) is 32.3 Å². The molecule has 2 bridgehead atoms. The molecule has 2 aromatic rings. The summed E-state index contributed by atoms with van der Waals surface area (Å²) < 4.78 is 38.7. The third-order valence-corrected chi connectivity index (χ3v) is 6.65. The number of ether oxygens (including phenoxy) is 2. The number of carbonyl (C=O) groups excluding carboxylic acids is 1. The molecule has 0 unspecified atom stereocenters. The minimum absolute atomic E-state index is 0.0317. The first-order valence-corrected chi connectivity index (χ1v) is 11.8. The molecule has 2 atom stereocenters. The van der Waals surface area contributed by atoms with Crippen molar-refractivity contribution < 1.29 is 23.0 Å². The first-order chi connectivity index (χ1) is 16.0. The number of nitrogens with zero attached hydrogens (tertiary/aromatic N) is 2. The van der Waals surface area contributed by atoms with Gasteiger partial charge in [-0.15, -0.1) is 0 Å². The van der Waals surface area contributed by atoms with Crippen molar-refractivity contribution in [1.29, 1.82) is 0 Å². The van der Waals surface area contributed by atoms with E-state index in [1.54, 1.807) is 19.2 Å². The molecule has 0 radical (unpaired) electrons. The third kappa shape index (κ3) is 5.89. The molecule has 2 heterocycles. The third-order valence-electron chi connectivity index (χ3n) is 6.65. The van der Waals surface area contributed by atoms with E-state index >= 15 is 0 Å². The number of carbonyl (C=O) groups is 1. The molecule has 0 N–H and O–H groups in total. The largest absolute Gasteiger partial charge is 0.492 e. The van der Waals surface area contributed by atoms with E-state index in [0.717, 1.165) is 50.8 Å². The molecular weight excluding hydrogens is 426 g/mol. The van der Waals surface area contributed by atoms with Crippen molar-refractivity contribution in [3.05, 3.63) is 65.2 Å². The van der Waals surface area contributed by atoms with E-state index in [1.165, 1.54) is 12.1 Å². The Hall–Kier alpha value is -2.51. The summed E-state index contributed by atoms with van der Waals surface area (Å²) in [6.45, 7) is 3.15. The number of hydrogen-bond acceptors (Lipinski definition) is 4. The molecule has 2 aliphatic heterocycles. The number of benzene rings is 2. The van der Waals surface area contributed by atoms with Crippen molar-refractivity contribution in [2.75, 3.05) is 33.4 Å². The van der Waals surface area contributed by atoms with Crippen LogP contribution in [0.1, 0.15) is 48.0 Å². The molecule has 0 aromatic heterocycles. The molecule has 7 heteroatoms. The number of halogens is 2. The Morgan fingerprint density at radius 2 is 1.88 bits per heavy atom. The van der Waals surface area contributed by atoms with Crippen molar-refractivity contribution >= 4 is 5.91 Å². The van der Waals surface area contributed by atoms with Gasteiger partial charge in [0.15, 0.2) is 11.6 Å². The average Bonchev–Trinajstić information content (AvgIpc) is 2.83. The second kappa shape index (κ2) is 11.1. The van der Waals surface area contributed by atoms with Crippen LogP contribution in [-0.2, 0) is 11.3 Å². The van der Waals surface area contributed by atoms with Crippen LogP contribution in [-0.4, -0.2) is 61.2 Å². The second-order valence-corrected chi connectivity index (χ2v) is 8.88. The van der Waals surface area contributed by atoms with E-state index in [-0.39, 0.29) is 18.1 Å². The lowest BCUT2D eigenvalue weighted by Crippen LogP contribution is -2.51. The summed E-state index contributed by atoms with van der Waals surface area (Å²) in [6, 6.07) is 11.5. The maximum Gasteiger partial charge on any atom is 0.254 e. The van der Waals surface area contributed by atoms with Crippen molar-refractivity contribution in [3.63, 3.8) is 0 Å². The van der Waals surface area contributed by atoms with Gasteiger partial charge in [-0.1, -0.05) is 18.6 Å². The number of methoxy groups -OCH3 is 1. The summed E-state index contributed by atoms with van der Waals surface area (Å²) in [5.41, 5.74) is 1.37. The molecule has 0 saturated carbocycles. The molecule has 2 aromatic carbocycles. The Kier molecular flexibility index (Phi) is 7.93. The average molecular weight is 459 g/mol. The topological polar surface area (TPSA) is 42.0 Å². The zero-order valence-electron chi connectivity index (χ0n) is 19.1. The van der Waals surface area contributed by atoms with Crippen molar-refractivity contribution in [2.24, 2.45) is 0 Å². The van der Waals surface area contributed by atoms with Gasteiger partial charge in [-0.25, -0.2) is 8.78 Å². The van der Waals surface area contributed by atoms with Crippen LogP contribution < -0.4 is 4.74 Å². The lowest BCUT2D eigenvalue weighted by atomic mass is 9.93. The highest BCUT2D eigenvalue weighted by molar-refractivity contribution is 5.95. The summed E-state index contributed by atoms with van der Waals surface area (Å²) >= 11 is 0. The molecule has 33 heavy (non-hydrogen) atoms. The maximum absolute atomic E-state index is 13.7. The van der Waals surface area contributed by atoms with Gasteiger partial charge in [0.05, 0.1) is 12.1 Å². The molecule has 1 fully saturated rings. The Morgan fingerprint density at radius 3 is 2.70 bits per heavy atom. The number of fused-ring (bicyclic) bond motifs is 3. The molecule has 1 amide bonds. The summed E-state index contributed by atoms with van der Waals surface area (Å²) in [6.07, 6.45) is 4.68. The molecule has 178 valence electrons. The number of rotatable bonds is 3. The van der Waals surface area contributed by atoms with Crippen molar-refractivity contribution in [3.8, 4) is 5.75 Å². The summed E-state index contributed by atoms with van der Waals surface area (Å²) in [5, 5.41) is 0. The Balaban J connectivity index is 1.53. The summed E-state index contributed by atoms with van der Waals surface area (Å²) in [5.74, 6) is -0.968. The minimum atomic E-state index is -0.831. The van der Waals surface area contributed by atoms with Crippen LogP contribution >= 0.6 is 0 Å². The van der Waals surface area contributed by atoms with Gasteiger partial charge >= 0.3 is 0 Å². The van der Waals surface area contributed by atoms with Crippen LogP contribution in [0, 0.1) is 11.6 Å². The smallest absolute Gasteiger partial charge is 0.254 e. The van der Waals surface area contributed by atoms with Gasteiger partial charge in [0.2, 0.25) is 0 Å². The monoisotopic (exact) mass is 458 g/mol. The number of amides is 1. The van der Waals surface area contributed by atoms with E-state index in [2.05, 4.69) is 4.90 Å². The van der Waals surface area contributed by atoms with Gasteiger partial charge < -0.3 is 14.4 Å². The standard InChI is InChI=1S/C26H32F2N2O3/c1-32-25-9-5-13-30-24(25)8-2-3-12-29(18-19-10-11-22(27)23(28)16-19)14-15-33-21-7-4-6-20(17-21)26(30)31/h4,6-7,10-11,16-17,24-25H,2-3,5,8-9,12-15,18H2,1H3/t24-,25-/m1/s1. The van der Waals surface area contributed by atoms with E-state index in [9.17, 15) is 13.6 Å². The first kappa shape index (κ1) is 23.6. The van der Waals surface area contributed by atoms with Gasteiger partial charge in [-0.2, -0.15) is 0 Å². The molecule has 4 rings (SSSR count). The maximum atomic E-state index is 13.7. The van der Waals surface area contributed by atoms with E-state index in [1.807, 2.05) is 23.1 Å². The van der Waals surface area contributed by atoms with Crippen LogP contribution in [0.2, 0.25) is 0 Å². The minimum Gasteiger partial charge on any atom is -0.492 e. The second-order valence-electron chi connectivity index (χ2n) is 8.88. The lowest BCUT2D eigenvalue weighted by Gasteiger charge is -2.41. The quantitative estimate of drug-likeness (QED) is 0.672. The van der Waals surface area contributed by atoms with E-state index < -0.39 is 11.6 Å². The van der Waals surface area contributed by atoms with E-state index in [0.29, 0.717) is 31.0 Å². The van der Waals surface area contributed by atoms with Crippen LogP contribution in [0.4, 0.5) is 8.78 Å². The highest BCUT2D eigenvalue weighted by Crippen LogP contribution is 2.27. The normalized spacial score (nSPS) is 22.9. The van der Waals surface area contributed by atoms with Crippen molar-refractivity contribution in [1.82, 2.24) is 9.80 Å². The molecule has 0 spiro atoms. The molecule has 2 aliphatic rings. The highest BCUT2D eigenvalue weighted by atomic mass is 19.2. The van der Waals surface area contributed by atoms with Gasteiger partial charge in [-0.3, -0.25) is 9.69 Å². The predicted molar refractivity (Wildman–Crippen MR) is 122 cm³/mol. The zero-order valence-corrected chi connectivity index (χ0v) is 19.1. The summed E-state index contributed by atoms with van der Waals surface area (Å²) in [4.78, 5) is 17.5. The fraction of sp³-hybridized carbons (Fsp3) is 0.500. The number of piperidine rings is 1. The SMILES string of the molecule is CO[C@@H]1CCCN2C(=O)c3cccc(c3)OCCN(Cc3ccc(F)c(F)c3)CCCC[C@H]12. The fourth-order valence-electron chi connectivity index (χ4n) is 4.92. The lowest BCUT2D eigenvalue weighted by molar-refractivity contribution is -0.0156. The molecule has 1 saturated heterocycles. The van der Waals surface area contributed by atoms with Crippen LogP contribution in [0.15, 0.2) is 42.5 Å². The fourth-order valence-corrected chi connectivity index (χ4v) is 4.92. The van der Waals surface area contributed by atoms with E-state index in [4.69, 9.17) is 9.47 Å². The van der Waals surface area contributed by atoms with Gasteiger partial charge in [0.1, 0.15) is 12.4 Å². The number of hydrogen-bond donors (Lipinski definition) is 0.